The fourth-order valence-corrected chi connectivity index (χ4v) is 3.88. The molecule has 5 heterocycles. The molecule has 0 aliphatic heterocycles. The third-order valence-electron chi connectivity index (χ3n) is 5.35. The lowest BCUT2D eigenvalue weighted by atomic mass is 10.0. The van der Waals surface area contributed by atoms with Gasteiger partial charge in [0.1, 0.15) is 11.3 Å². The molecule has 0 spiro atoms. The van der Waals surface area contributed by atoms with Gasteiger partial charge in [-0.05, 0) is 70.8 Å². The van der Waals surface area contributed by atoms with Gasteiger partial charge in [-0.15, -0.1) is 0 Å². The summed E-state index contributed by atoms with van der Waals surface area (Å²) >= 11 is 0. The van der Waals surface area contributed by atoms with Gasteiger partial charge in [-0.1, -0.05) is 6.07 Å². The Morgan fingerprint density at radius 3 is 2.20 bits per heavy atom. The van der Waals surface area contributed by atoms with E-state index in [4.69, 9.17) is 0 Å². The Balaban J connectivity index is 1.52. The molecule has 0 fully saturated rings. The van der Waals surface area contributed by atoms with Gasteiger partial charge in [0.2, 0.25) is 0 Å². The van der Waals surface area contributed by atoms with Gasteiger partial charge in [-0.25, -0.2) is 4.98 Å². The van der Waals surface area contributed by atoms with Crippen LogP contribution in [0.5, 0.6) is 0 Å². The number of pyridine rings is 3. The van der Waals surface area contributed by atoms with Gasteiger partial charge < -0.3 is 4.98 Å². The molecule has 142 valence electrons. The summed E-state index contributed by atoms with van der Waals surface area (Å²) in [6.07, 6.45) is 9.04. The maximum Gasteiger partial charge on any atom is 0.138 e. The van der Waals surface area contributed by atoms with E-state index in [9.17, 15) is 0 Å². The Morgan fingerprint density at radius 2 is 1.40 bits per heavy atom. The third kappa shape index (κ3) is 2.66. The van der Waals surface area contributed by atoms with Crippen LogP contribution in [0.2, 0.25) is 0 Å². The number of rotatable bonds is 3. The molecule has 2 N–H and O–H groups in total. The van der Waals surface area contributed by atoms with Gasteiger partial charge >= 0.3 is 0 Å². The minimum Gasteiger partial charge on any atom is -0.338 e. The van der Waals surface area contributed by atoms with Crippen LogP contribution >= 0.6 is 0 Å². The summed E-state index contributed by atoms with van der Waals surface area (Å²) in [6, 6.07) is 18.5. The van der Waals surface area contributed by atoms with E-state index in [2.05, 4.69) is 54.4 Å². The molecule has 0 unspecified atom stereocenters. The van der Waals surface area contributed by atoms with Crippen molar-refractivity contribution in [1.82, 2.24) is 30.1 Å². The molecule has 6 nitrogen and oxygen atoms in total. The Hall–Kier alpha value is -4.32. The van der Waals surface area contributed by atoms with Crippen molar-refractivity contribution >= 4 is 21.9 Å². The van der Waals surface area contributed by atoms with Crippen molar-refractivity contribution in [2.45, 2.75) is 0 Å². The molecule has 0 atom stereocenters. The highest BCUT2D eigenvalue weighted by Gasteiger charge is 2.14. The van der Waals surface area contributed by atoms with Crippen LogP contribution in [0, 0.1) is 0 Å². The molecule has 6 rings (SSSR count). The number of benzene rings is 1. The second-order valence-corrected chi connectivity index (χ2v) is 7.11. The fraction of sp³-hybridized carbons (Fsp3) is 0. The predicted molar refractivity (Wildman–Crippen MR) is 118 cm³/mol. The van der Waals surface area contributed by atoms with Gasteiger partial charge in [0.25, 0.3) is 0 Å². The molecule has 0 aliphatic rings. The molecule has 1 aromatic carbocycles. The minimum absolute atomic E-state index is 0.834. The maximum absolute atomic E-state index is 4.59. The lowest BCUT2D eigenvalue weighted by Crippen LogP contribution is -1.82. The van der Waals surface area contributed by atoms with Crippen LogP contribution in [0.3, 0.4) is 0 Å². The lowest BCUT2D eigenvalue weighted by Gasteiger charge is -2.02. The summed E-state index contributed by atoms with van der Waals surface area (Å²) in [4.78, 5) is 16.2. The first kappa shape index (κ1) is 16.6. The van der Waals surface area contributed by atoms with Crippen molar-refractivity contribution < 1.29 is 0 Å². The second kappa shape index (κ2) is 6.63. The molecular formula is C24H16N6. The number of nitrogens with zero attached hydrogens (tertiary/aromatic N) is 4. The first-order valence-corrected chi connectivity index (χ1v) is 9.64. The molecule has 0 aliphatic carbocycles. The average molecular weight is 388 g/mol. The number of hydrogen-bond acceptors (Lipinski definition) is 4. The van der Waals surface area contributed by atoms with Crippen molar-refractivity contribution in [2.75, 3.05) is 0 Å². The highest BCUT2D eigenvalue weighted by atomic mass is 15.1. The summed E-state index contributed by atoms with van der Waals surface area (Å²) in [5.41, 5.74) is 8.09. The number of fused-ring (bicyclic) bond motifs is 2. The molecule has 5 aromatic heterocycles. The van der Waals surface area contributed by atoms with Crippen molar-refractivity contribution in [3.05, 3.63) is 85.6 Å². The Bertz CT molecular complexity index is 1480. The smallest absolute Gasteiger partial charge is 0.138 e. The largest absolute Gasteiger partial charge is 0.338 e. The average Bonchev–Trinajstić information content (AvgIpc) is 3.43. The molecule has 0 bridgehead atoms. The summed E-state index contributed by atoms with van der Waals surface area (Å²) in [7, 11) is 0. The van der Waals surface area contributed by atoms with Crippen LogP contribution in [-0.4, -0.2) is 30.1 Å². The number of aromatic amines is 2. The van der Waals surface area contributed by atoms with Crippen LogP contribution in [0.4, 0.5) is 0 Å². The molecular weight excluding hydrogens is 372 g/mol. The summed E-state index contributed by atoms with van der Waals surface area (Å²) in [6.45, 7) is 0. The molecule has 30 heavy (non-hydrogen) atoms. The van der Waals surface area contributed by atoms with Gasteiger partial charge in [-0.3, -0.25) is 15.1 Å². The quantitative estimate of drug-likeness (QED) is 0.435. The zero-order chi connectivity index (χ0) is 19.9. The minimum atomic E-state index is 0.834. The fourth-order valence-electron chi connectivity index (χ4n) is 3.88. The third-order valence-corrected chi connectivity index (χ3v) is 5.35. The van der Waals surface area contributed by atoms with Gasteiger partial charge in [0.05, 0.1) is 11.2 Å². The van der Waals surface area contributed by atoms with Gasteiger partial charge in [0.15, 0.2) is 0 Å². The highest BCUT2D eigenvalue weighted by Crippen LogP contribution is 2.34. The Morgan fingerprint density at radius 1 is 0.633 bits per heavy atom. The number of H-pyrrole nitrogens is 2. The zero-order valence-electron chi connectivity index (χ0n) is 15.9. The van der Waals surface area contributed by atoms with E-state index in [0.29, 0.717) is 0 Å². The Labute approximate surface area is 171 Å². The lowest BCUT2D eigenvalue weighted by molar-refractivity contribution is 1.12. The SMILES string of the molecule is c1cc(-c2ccc3[nH]nc(-c4cc5c(-c6ccncc6)ccnc5[nH]4)c3c2)ccn1. The van der Waals surface area contributed by atoms with E-state index >= 15 is 0 Å². The van der Waals surface area contributed by atoms with E-state index in [1.54, 1.807) is 24.8 Å². The molecule has 0 saturated carbocycles. The maximum atomic E-state index is 4.59. The van der Waals surface area contributed by atoms with Crippen molar-refractivity contribution in [3.63, 3.8) is 0 Å². The van der Waals surface area contributed by atoms with Crippen molar-refractivity contribution in [2.24, 2.45) is 0 Å². The van der Waals surface area contributed by atoms with E-state index in [1.165, 1.54) is 0 Å². The van der Waals surface area contributed by atoms with Crippen LogP contribution in [0.25, 0.3) is 55.6 Å². The normalized spacial score (nSPS) is 11.3. The van der Waals surface area contributed by atoms with Crippen LogP contribution in [0.1, 0.15) is 0 Å². The summed E-state index contributed by atoms with van der Waals surface area (Å²) in [5.74, 6) is 0. The number of aromatic nitrogens is 6. The van der Waals surface area contributed by atoms with Crippen molar-refractivity contribution in [3.8, 4) is 33.6 Å². The topological polar surface area (TPSA) is 83.1 Å². The molecule has 0 saturated heterocycles. The predicted octanol–water partition coefficient (Wildman–Crippen LogP) is 5.23. The molecule has 6 heteroatoms. The molecule has 0 amide bonds. The second-order valence-electron chi connectivity index (χ2n) is 7.11. The number of nitrogens with one attached hydrogen (secondary N) is 2. The van der Waals surface area contributed by atoms with E-state index in [1.807, 2.05) is 36.5 Å². The first-order chi connectivity index (χ1) is 14.9. The van der Waals surface area contributed by atoms with Gasteiger partial charge in [0, 0.05) is 41.8 Å². The first-order valence-electron chi connectivity index (χ1n) is 9.64. The zero-order valence-corrected chi connectivity index (χ0v) is 15.9. The summed E-state index contributed by atoms with van der Waals surface area (Å²) < 4.78 is 0. The van der Waals surface area contributed by atoms with Crippen LogP contribution < -0.4 is 0 Å². The Kier molecular flexibility index (Phi) is 3.67. The molecule has 0 radical (unpaired) electrons. The molecule has 6 aromatic rings. The van der Waals surface area contributed by atoms with Crippen LogP contribution in [0.15, 0.2) is 85.6 Å². The standard InChI is InChI=1S/C24H16N6/c1-2-21-20(13-17(1)15-3-8-25-9-4-15)23(30-29-21)22-14-19-18(7-12-27-24(19)28-22)16-5-10-26-11-6-16/h1-14H,(H,27,28)(H,29,30). The monoisotopic (exact) mass is 388 g/mol. The van der Waals surface area contributed by atoms with Gasteiger partial charge in [-0.2, -0.15) is 5.10 Å². The number of hydrogen-bond donors (Lipinski definition) is 2. The summed E-state index contributed by atoms with van der Waals surface area (Å²) in [5, 5.41) is 9.85. The van der Waals surface area contributed by atoms with Crippen LogP contribution in [-0.2, 0) is 0 Å². The van der Waals surface area contributed by atoms with E-state index in [0.717, 1.165) is 55.6 Å². The van der Waals surface area contributed by atoms with E-state index < -0.39 is 0 Å². The van der Waals surface area contributed by atoms with E-state index in [-0.39, 0.29) is 0 Å². The van der Waals surface area contributed by atoms with Crippen molar-refractivity contribution in [1.29, 1.82) is 0 Å². The highest BCUT2D eigenvalue weighted by molar-refractivity contribution is 6.00.